The lowest BCUT2D eigenvalue weighted by Gasteiger charge is -2.04. The number of aromatic amines is 2. The quantitative estimate of drug-likeness (QED) is 0.579. The Hall–Kier alpha value is -2.88. The molecular formula is C18H16N4. The van der Waals surface area contributed by atoms with Crippen molar-refractivity contribution >= 4 is 11.0 Å². The second-order valence-electron chi connectivity index (χ2n) is 5.52. The molecule has 4 rings (SSSR count). The minimum absolute atomic E-state index is 0.850. The van der Waals surface area contributed by atoms with Crippen molar-refractivity contribution in [3.63, 3.8) is 0 Å². The standard InChI is InChI=1S/C18H16N4/c1-11-9-15-16(10-12(11)2)22-18(21-15)14-6-4-3-5-13(14)17-19-7-8-20-17/h3-10H,1-2H3,(H,19,20)(H,21,22). The van der Waals surface area contributed by atoms with E-state index in [1.807, 2.05) is 18.3 Å². The molecule has 4 aromatic rings. The second kappa shape index (κ2) is 4.84. The zero-order chi connectivity index (χ0) is 15.1. The van der Waals surface area contributed by atoms with E-state index in [4.69, 9.17) is 4.98 Å². The molecule has 2 heterocycles. The summed E-state index contributed by atoms with van der Waals surface area (Å²) in [5, 5.41) is 0. The van der Waals surface area contributed by atoms with Crippen LogP contribution in [0.2, 0.25) is 0 Å². The first-order valence-corrected chi connectivity index (χ1v) is 7.28. The Kier molecular flexibility index (Phi) is 2.82. The zero-order valence-electron chi connectivity index (χ0n) is 12.5. The minimum Gasteiger partial charge on any atom is -0.345 e. The highest BCUT2D eigenvalue weighted by Crippen LogP contribution is 2.30. The maximum absolute atomic E-state index is 4.76. The SMILES string of the molecule is Cc1cc2nc(-c3ccccc3-c3ncc[nH]3)[nH]c2cc1C. The number of nitrogens with one attached hydrogen (secondary N) is 2. The van der Waals surface area contributed by atoms with E-state index in [2.05, 4.69) is 53.1 Å². The molecule has 0 aliphatic carbocycles. The largest absolute Gasteiger partial charge is 0.345 e. The summed E-state index contributed by atoms with van der Waals surface area (Å²) in [5.74, 6) is 1.72. The predicted octanol–water partition coefficient (Wildman–Crippen LogP) is 4.24. The molecule has 4 nitrogen and oxygen atoms in total. The summed E-state index contributed by atoms with van der Waals surface area (Å²) in [7, 11) is 0. The van der Waals surface area contributed by atoms with Crippen molar-refractivity contribution in [1.29, 1.82) is 0 Å². The van der Waals surface area contributed by atoms with E-state index in [0.717, 1.165) is 33.8 Å². The van der Waals surface area contributed by atoms with Crippen LogP contribution in [0.4, 0.5) is 0 Å². The fraction of sp³-hybridized carbons (Fsp3) is 0.111. The summed E-state index contributed by atoms with van der Waals surface area (Å²) in [5.41, 5.74) is 6.66. The van der Waals surface area contributed by atoms with Crippen LogP contribution in [0.5, 0.6) is 0 Å². The number of hydrogen-bond donors (Lipinski definition) is 2. The average molecular weight is 288 g/mol. The maximum Gasteiger partial charge on any atom is 0.139 e. The van der Waals surface area contributed by atoms with Crippen molar-refractivity contribution in [2.75, 3.05) is 0 Å². The highest BCUT2D eigenvalue weighted by atomic mass is 14.9. The highest BCUT2D eigenvalue weighted by Gasteiger charge is 2.12. The summed E-state index contributed by atoms with van der Waals surface area (Å²) >= 11 is 0. The van der Waals surface area contributed by atoms with E-state index < -0.39 is 0 Å². The van der Waals surface area contributed by atoms with Gasteiger partial charge in [0.15, 0.2) is 0 Å². The number of aromatic nitrogens is 4. The molecule has 0 amide bonds. The van der Waals surface area contributed by atoms with Crippen LogP contribution in [0.3, 0.4) is 0 Å². The highest BCUT2D eigenvalue weighted by molar-refractivity contribution is 5.85. The Morgan fingerprint density at radius 3 is 2.36 bits per heavy atom. The maximum atomic E-state index is 4.76. The fourth-order valence-corrected chi connectivity index (χ4v) is 2.71. The van der Waals surface area contributed by atoms with Gasteiger partial charge in [-0.15, -0.1) is 0 Å². The predicted molar refractivity (Wildman–Crippen MR) is 88.6 cm³/mol. The summed E-state index contributed by atoms with van der Waals surface area (Å²) in [6, 6.07) is 12.4. The van der Waals surface area contributed by atoms with Gasteiger partial charge in [-0.2, -0.15) is 0 Å². The van der Waals surface area contributed by atoms with E-state index in [9.17, 15) is 0 Å². The van der Waals surface area contributed by atoms with Crippen LogP contribution < -0.4 is 0 Å². The number of benzene rings is 2. The third kappa shape index (κ3) is 2.00. The van der Waals surface area contributed by atoms with Gasteiger partial charge in [0.25, 0.3) is 0 Å². The van der Waals surface area contributed by atoms with Crippen molar-refractivity contribution in [2.45, 2.75) is 13.8 Å². The molecule has 2 aromatic carbocycles. The van der Waals surface area contributed by atoms with Crippen molar-refractivity contribution in [2.24, 2.45) is 0 Å². The Labute approximate surface area is 128 Å². The van der Waals surface area contributed by atoms with Gasteiger partial charge in [-0.3, -0.25) is 0 Å². The van der Waals surface area contributed by atoms with Crippen LogP contribution in [-0.4, -0.2) is 19.9 Å². The van der Waals surface area contributed by atoms with E-state index in [1.165, 1.54) is 11.1 Å². The normalized spacial score (nSPS) is 11.2. The van der Waals surface area contributed by atoms with Crippen molar-refractivity contribution < 1.29 is 0 Å². The van der Waals surface area contributed by atoms with E-state index in [1.54, 1.807) is 6.20 Å². The van der Waals surface area contributed by atoms with Gasteiger partial charge < -0.3 is 9.97 Å². The van der Waals surface area contributed by atoms with Crippen LogP contribution in [0.25, 0.3) is 33.8 Å². The van der Waals surface area contributed by atoms with Crippen LogP contribution >= 0.6 is 0 Å². The monoisotopic (exact) mass is 288 g/mol. The number of nitrogens with zero attached hydrogens (tertiary/aromatic N) is 2. The van der Waals surface area contributed by atoms with Crippen LogP contribution in [0.15, 0.2) is 48.8 Å². The lowest BCUT2D eigenvalue weighted by atomic mass is 10.1. The molecule has 0 bridgehead atoms. The van der Waals surface area contributed by atoms with Gasteiger partial charge in [-0.25, -0.2) is 9.97 Å². The minimum atomic E-state index is 0.850. The van der Waals surface area contributed by atoms with Gasteiger partial charge in [0.2, 0.25) is 0 Å². The summed E-state index contributed by atoms with van der Waals surface area (Å²) in [4.78, 5) is 15.7. The van der Waals surface area contributed by atoms with Gasteiger partial charge in [-0.1, -0.05) is 24.3 Å². The van der Waals surface area contributed by atoms with Crippen LogP contribution in [0, 0.1) is 13.8 Å². The molecule has 0 radical (unpaired) electrons. The third-order valence-electron chi connectivity index (χ3n) is 4.03. The lowest BCUT2D eigenvalue weighted by Crippen LogP contribution is -1.88. The molecule has 108 valence electrons. The number of hydrogen-bond acceptors (Lipinski definition) is 2. The van der Waals surface area contributed by atoms with Gasteiger partial charge in [-0.05, 0) is 37.1 Å². The van der Waals surface area contributed by atoms with Gasteiger partial charge in [0.1, 0.15) is 11.6 Å². The lowest BCUT2D eigenvalue weighted by molar-refractivity contribution is 1.28. The molecule has 0 saturated heterocycles. The number of aryl methyl sites for hydroxylation is 2. The molecule has 0 aliphatic rings. The summed E-state index contributed by atoms with van der Waals surface area (Å²) in [6.07, 6.45) is 3.59. The molecule has 0 atom stereocenters. The number of fused-ring (bicyclic) bond motifs is 1. The van der Waals surface area contributed by atoms with Crippen molar-refractivity contribution in [1.82, 2.24) is 19.9 Å². The summed E-state index contributed by atoms with van der Waals surface area (Å²) in [6.45, 7) is 4.23. The van der Waals surface area contributed by atoms with E-state index in [0.29, 0.717) is 0 Å². The van der Waals surface area contributed by atoms with Crippen LogP contribution in [0.1, 0.15) is 11.1 Å². The molecule has 0 fully saturated rings. The Morgan fingerprint density at radius 2 is 1.64 bits per heavy atom. The van der Waals surface area contributed by atoms with E-state index in [-0.39, 0.29) is 0 Å². The Bertz CT molecular complexity index is 910. The van der Waals surface area contributed by atoms with Gasteiger partial charge in [0.05, 0.1) is 11.0 Å². The molecule has 0 saturated carbocycles. The fourth-order valence-electron chi connectivity index (χ4n) is 2.71. The molecule has 0 aliphatic heterocycles. The first-order chi connectivity index (χ1) is 10.7. The van der Waals surface area contributed by atoms with Crippen molar-refractivity contribution in [3.05, 3.63) is 59.9 Å². The first kappa shape index (κ1) is 12.8. The van der Waals surface area contributed by atoms with E-state index >= 15 is 0 Å². The molecule has 4 heteroatoms. The Balaban J connectivity index is 1.93. The van der Waals surface area contributed by atoms with Gasteiger partial charge >= 0.3 is 0 Å². The molecule has 22 heavy (non-hydrogen) atoms. The number of H-pyrrole nitrogens is 2. The molecule has 0 unspecified atom stereocenters. The first-order valence-electron chi connectivity index (χ1n) is 7.28. The second-order valence-corrected chi connectivity index (χ2v) is 5.52. The zero-order valence-corrected chi connectivity index (χ0v) is 12.5. The molecule has 2 aromatic heterocycles. The summed E-state index contributed by atoms with van der Waals surface area (Å²) < 4.78 is 0. The average Bonchev–Trinajstić information content (AvgIpc) is 3.17. The number of rotatable bonds is 2. The van der Waals surface area contributed by atoms with Crippen molar-refractivity contribution in [3.8, 4) is 22.8 Å². The number of imidazole rings is 2. The topological polar surface area (TPSA) is 57.4 Å². The molecule has 2 N–H and O–H groups in total. The third-order valence-corrected chi connectivity index (χ3v) is 4.03. The molecular weight excluding hydrogens is 272 g/mol. The molecule has 0 spiro atoms. The Morgan fingerprint density at radius 1 is 0.909 bits per heavy atom. The van der Waals surface area contributed by atoms with Crippen LogP contribution in [-0.2, 0) is 0 Å². The van der Waals surface area contributed by atoms with Gasteiger partial charge in [0, 0.05) is 23.5 Å². The smallest absolute Gasteiger partial charge is 0.139 e.